The maximum atomic E-state index is 4.39. The topological polar surface area (TPSA) is 37.8 Å². The lowest BCUT2D eigenvalue weighted by Gasteiger charge is -2.22. The van der Waals surface area contributed by atoms with Gasteiger partial charge in [-0.3, -0.25) is 0 Å². The maximum absolute atomic E-state index is 4.39. The second-order valence-electron chi connectivity index (χ2n) is 4.21. The van der Waals surface area contributed by atoms with Crippen LogP contribution < -0.4 is 5.32 Å². The van der Waals surface area contributed by atoms with Crippen molar-refractivity contribution < 1.29 is 0 Å². The Bertz CT molecular complexity index is 288. The van der Waals surface area contributed by atoms with E-state index >= 15 is 0 Å². The summed E-state index contributed by atoms with van der Waals surface area (Å²) >= 11 is 0. The molecule has 2 heterocycles. The first-order valence-corrected chi connectivity index (χ1v) is 5.91. The minimum Gasteiger partial charge on any atom is -0.314 e. The molecule has 1 aliphatic heterocycles. The number of nitrogens with one attached hydrogen (secondary N) is 1. The summed E-state index contributed by atoms with van der Waals surface area (Å²) in [6.45, 7) is 3.28. The fourth-order valence-corrected chi connectivity index (χ4v) is 1.99. The highest BCUT2D eigenvalue weighted by Gasteiger charge is 2.13. The zero-order valence-corrected chi connectivity index (χ0v) is 9.37. The summed E-state index contributed by atoms with van der Waals surface area (Å²) in [5.74, 6) is 0.978. The van der Waals surface area contributed by atoms with E-state index in [1.54, 1.807) is 0 Å². The van der Waals surface area contributed by atoms with Gasteiger partial charge in [-0.1, -0.05) is 13.3 Å². The van der Waals surface area contributed by atoms with E-state index in [4.69, 9.17) is 0 Å². The van der Waals surface area contributed by atoms with Crippen molar-refractivity contribution in [1.29, 1.82) is 0 Å². The van der Waals surface area contributed by atoms with E-state index in [0.717, 1.165) is 25.2 Å². The molecule has 1 aromatic heterocycles. The van der Waals surface area contributed by atoms with Gasteiger partial charge >= 0.3 is 0 Å². The minimum absolute atomic E-state index is 0.589. The monoisotopic (exact) mass is 205 g/mol. The molecule has 1 N–H and O–H groups in total. The summed E-state index contributed by atoms with van der Waals surface area (Å²) in [6, 6.07) is 0.589. The summed E-state index contributed by atoms with van der Waals surface area (Å²) in [5, 5.41) is 3.52. The summed E-state index contributed by atoms with van der Waals surface area (Å²) < 4.78 is 0. The molecule has 1 saturated heterocycles. The molecule has 82 valence electrons. The van der Waals surface area contributed by atoms with Crippen LogP contribution in [0.3, 0.4) is 0 Å². The molecular formula is C12H19N3. The average Bonchev–Trinajstić information content (AvgIpc) is 2.31. The number of aryl methyl sites for hydroxylation is 1. The van der Waals surface area contributed by atoms with Crippen LogP contribution in [0.1, 0.15) is 37.6 Å². The van der Waals surface area contributed by atoms with E-state index in [0.29, 0.717) is 6.04 Å². The molecule has 1 fully saturated rings. The van der Waals surface area contributed by atoms with Gasteiger partial charge < -0.3 is 5.32 Å². The molecule has 0 bridgehead atoms. The Balaban J connectivity index is 1.91. The van der Waals surface area contributed by atoms with Crippen LogP contribution >= 0.6 is 0 Å². The van der Waals surface area contributed by atoms with Crippen molar-refractivity contribution in [3.05, 3.63) is 23.8 Å². The molecule has 0 radical (unpaired) electrons. The van der Waals surface area contributed by atoms with E-state index in [1.165, 1.54) is 24.8 Å². The second kappa shape index (κ2) is 5.21. The summed E-state index contributed by atoms with van der Waals surface area (Å²) in [5.41, 5.74) is 1.22. The summed E-state index contributed by atoms with van der Waals surface area (Å²) in [4.78, 5) is 8.79. The second-order valence-corrected chi connectivity index (χ2v) is 4.21. The molecule has 1 aromatic rings. The highest BCUT2D eigenvalue weighted by molar-refractivity contribution is 5.05. The van der Waals surface area contributed by atoms with Crippen LogP contribution in [0.5, 0.6) is 0 Å². The smallest absolute Gasteiger partial charge is 0.129 e. The fourth-order valence-electron chi connectivity index (χ4n) is 1.99. The Hall–Kier alpha value is -0.960. The fraction of sp³-hybridized carbons (Fsp3) is 0.667. The Kier molecular flexibility index (Phi) is 3.67. The largest absolute Gasteiger partial charge is 0.314 e. The first kappa shape index (κ1) is 10.6. The number of hydrogen-bond donors (Lipinski definition) is 1. The van der Waals surface area contributed by atoms with E-state index in [9.17, 15) is 0 Å². The van der Waals surface area contributed by atoms with Crippen molar-refractivity contribution in [3.63, 3.8) is 0 Å². The van der Waals surface area contributed by atoms with Gasteiger partial charge in [0.1, 0.15) is 5.82 Å². The molecule has 15 heavy (non-hydrogen) atoms. The van der Waals surface area contributed by atoms with Crippen molar-refractivity contribution in [3.8, 4) is 0 Å². The molecule has 0 aromatic carbocycles. The van der Waals surface area contributed by atoms with Gasteiger partial charge in [0.15, 0.2) is 0 Å². The number of hydrogen-bond acceptors (Lipinski definition) is 3. The lowest BCUT2D eigenvalue weighted by molar-refractivity contribution is 0.394. The molecule has 1 unspecified atom stereocenters. The van der Waals surface area contributed by atoms with Crippen molar-refractivity contribution >= 4 is 0 Å². The maximum Gasteiger partial charge on any atom is 0.129 e. The van der Waals surface area contributed by atoms with E-state index in [2.05, 4.69) is 22.2 Å². The first-order chi connectivity index (χ1) is 7.38. The lowest BCUT2D eigenvalue weighted by atomic mass is 10.0. The Morgan fingerprint density at radius 2 is 2.13 bits per heavy atom. The molecular weight excluding hydrogens is 186 g/mol. The highest BCUT2D eigenvalue weighted by Crippen LogP contribution is 2.10. The number of rotatable bonds is 3. The Morgan fingerprint density at radius 3 is 2.73 bits per heavy atom. The third-order valence-electron chi connectivity index (χ3n) is 3.01. The van der Waals surface area contributed by atoms with Crippen LogP contribution in [-0.4, -0.2) is 22.6 Å². The SMILES string of the molecule is CCc1cnc(CC2CCCCN2)nc1. The van der Waals surface area contributed by atoms with Crippen molar-refractivity contribution in [2.45, 2.75) is 45.1 Å². The van der Waals surface area contributed by atoms with E-state index < -0.39 is 0 Å². The number of nitrogens with zero attached hydrogens (tertiary/aromatic N) is 2. The van der Waals surface area contributed by atoms with Crippen LogP contribution in [0.2, 0.25) is 0 Å². The first-order valence-electron chi connectivity index (χ1n) is 5.91. The van der Waals surface area contributed by atoms with Gasteiger partial charge in [-0.25, -0.2) is 9.97 Å². The third kappa shape index (κ3) is 2.99. The normalized spacial score (nSPS) is 21.5. The van der Waals surface area contributed by atoms with Gasteiger partial charge in [0.25, 0.3) is 0 Å². The van der Waals surface area contributed by atoms with Crippen LogP contribution in [0.4, 0.5) is 0 Å². The lowest BCUT2D eigenvalue weighted by Crippen LogP contribution is -2.36. The molecule has 3 nitrogen and oxygen atoms in total. The molecule has 3 heteroatoms. The predicted molar refractivity (Wildman–Crippen MR) is 60.8 cm³/mol. The number of aromatic nitrogens is 2. The Morgan fingerprint density at radius 1 is 1.33 bits per heavy atom. The number of piperidine rings is 1. The molecule has 0 aliphatic carbocycles. The summed E-state index contributed by atoms with van der Waals surface area (Å²) in [7, 11) is 0. The minimum atomic E-state index is 0.589. The van der Waals surface area contributed by atoms with Gasteiger partial charge in [0.05, 0.1) is 0 Å². The van der Waals surface area contributed by atoms with Crippen LogP contribution in [0, 0.1) is 0 Å². The van der Waals surface area contributed by atoms with Crippen molar-refractivity contribution in [2.75, 3.05) is 6.54 Å². The third-order valence-corrected chi connectivity index (χ3v) is 3.01. The van der Waals surface area contributed by atoms with Gasteiger partial charge in [-0.15, -0.1) is 0 Å². The Labute approximate surface area is 91.3 Å². The zero-order chi connectivity index (χ0) is 10.5. The van der Waals surface area contributed by atoms with Crippen LogP contribution in [0.15, 0.2) is 12.4 Å². The van der Waals surface area contributed by atoms with Crippen molar-refractivity contribution in [1.82, 2.24) is 15.3 Å². The van der Waals surface area contributed by atoms with E-state index in [1.807, 2.05) is 12.4 Å². The highest BCUT2D eigenvalue weighted by atomic mass is 14.9. The average molecular weight is 205 g/mol. The van der Waals surface area contributed by atoms with Gasteiger partial charge in [-0.05, 0) is 31.4 Å². The standard InChI is InChI=1S/C12H19N3/c1-2-10-8-14-12(15-9-10)7-11-5-3-4-6-13-11/h8-9,11,13H,2-7H2,1H3. The van der Waals surface area contributed by atoms with Crippen LogP contribution in [0.25, 0.3) is 0 Å². The molecule has 0 spiro atoms. The molecule has 0 amide bonds. The van der Waals surface area contributed by atoms with Gasteiger partial charge in [-0.2, -0.15) is 0 Å². The quantitative estimate of drug-likeness (QED) is 0.816. The molecule has 1 aliphatic rings. The summed E-state index contributed by atoms with van der Waals surface area (Å²) in [6.07, 6.45) is 9.80. The molecule has 2 rings (SSSR count). The van der Waals surface area contributed by atoms with Gasteiger partial charge in [0, 0.05) is 24.9 Å². The van der Waals surface area contributed by atoms with Crippen molar-refractivity contribution in [2.24, 2.45) is 0 Å². The predicted octanol–water partition coefficient (Wildman–Crippen LogP) is 1.72. The van der Waals surface area contributed by atoms with Gasteiger partial charge in [0.2, 0.25) is 0 Å². The molecule has 0 saturated carbocycles. The van der Waals surface area contributed by atoms with E-state index in [-0.39, 0.29) is 0 Å². The van der Waals surface area contributed by atoms with Crippen LogP contribution in [-0.2, 0) is 12.8 Å². The molecule has 1 atom stereocenters. The zero-order valence-electron chi connectivity index (χ0n) is 9.37.